The number of likely N-dealkylation sites (tertiary alicyclic amines) is 1. The molecule has 2 amide bonds. The van der Waals surface area contributed by atoms with E-state index in [1.54, 1.807) is 12.0 Å². The molecule has 1 N–H and O–H groups in total. The van der Waals surface area contributed by atoms with Crippen molar-refractivity contribution in [2.24, 2.45) is 5.92 Å². The third-order valence-corrected chi connectivity index (χ3v) is 3.78. The van der Waals surface area contributed by atoms with Crippen LogP contribution < -0.4 is 5.32 Å². The molecule has 2 heterocycles. The molecule has 2 rings (SSSR count). The molecule has 0 aromatic heterocycles. The van der Waals surface area contributed by atoms with Crippen LogP contribution in [0.3, 0.4) is 0 Å². The fraction of sp³-hybridized carbons (Fsp3) is 0.846. The van der Waals surface area contributed by atoms with Gasteiger partial charge in [-0.2, -0.15) is 0 Å². The van der Waals surface area contributed by atoms with E-state index in [2.05, 4.69) is 5.32 Å². The zero-order valence-electron chi connectivity index (χ0n) is 11.6. The fourth-order valence-electron chi connectivity index (χ4n) is 2.68. The van der Waals surface area contributed by atoms with Crippen LogP contribution in [0.15, 0.2) is 0 Å². The Labute approximate surface area is 114 Å². The van der Waals surface area contributed by atoms with E-state index in [4.69, 9.17) is 4.74 Å². The quantitative estimate of drug-likeness (QED) is 0.733. The second kappa shape index (κ2) is 6.86. The van der Waals surface area contributed by atoms with Crippen molar-refractivity contribution in [2.45, 2.75) is 12.8 Å². The lowest BCUT2D eigenvalue weighted by molar-refractivity contribution is -0.135. The first kappa shape index (κ1) is 14.3. The van der Waals surface area contributed by atoms with Crippen molar-refractivity contribution in [1.82, 2.24) is 15.1 Å². The van der Waals surface area contributed by atoms with Crippen molar-refractivity contribution in [3.63, 3.8) is 0 Å². The minimum Gasteiger partial charge on any atom is -0.383 e. The molecule has 108 valence electrons. The number of rotatable bonds is 4. The average molecular weight is 269 g/mol. The highest BCUT2D eigenvalue weighted by molar-refractivity contribution is 5.89. The zero-order valence-corrected chi connectivity index (χ0v) is 11.6. The Morgan fingerprint density at radius 1 is 1.42 bits per heavy atom. The Morgan fingerprint density at radius 3 is 3.05 bits per heavy atom. The summed E-state index contributed by atoms with van der Waals surface area (Å²) in [4.78, 5) is 27.9. The number of hydrogen-bond donors (Lipinski definition) is 1. The van der Waals surface area contributed by atoms with E-state index >= 15 is 0 Å². The Kier molecular flexibility index (Phi) is 5.15. The summed E-state index contributed by atoms with van der Waals surface area (Å²) in [5.41, 5.74) is 0. The van der Waals surface area contributed by atoms with Gasteiger partial charge in [0.1, 0.15) is 0 Å². The molecule has 0 bridgehead atoms. The van der Waals surface area contributed by atoms with Crippen LogP contribution >= 0.6 is 0 Å². The highest BCUT2D eigenvalue weighted by atomic mass is 16.5. The van der Waals surface area contributed by atoms with Gasteiger partial charge in [-0.15, -0.1) is 0 Å². The van der Waals surface area contributed by atoms with Crippen LogP contribution in [-0.4, -0.2) is 74.6 Å². The predicted octanol–water partition coefficient (Wildman–Crippen LogP) is -0.697. The Morgan fingerprint density at radius 2 is 2.26 bits per heavy atom. The van der Waals surface area contributed by atoms with Gasteiger partial charge in [0, 0.05) is 46.3 Å². The van der Waals surface area contributed by atoms with Crippen molar-refractivity contribution >= 4 is 11.8 Å². The smallest absolute Gasteiger partial charge is 0.228 e. The molecule has 2 fully saturated rings. The van der Waals surface area contributed by atoms with E-state index in [1.807, 2.05) is 4.90 Å². The monoisotopic (exact) mass is 269 g/mol. The molecule has 2 aliphatic heterocycles. The molecule has 6 heteroatoms. The van der Waals surface area contributed by atoms with Gasteiger partial charge in [0.25, 0.3) is 0 Å². The van der Waals surface area contributed by atoms with Crippen LogP contribution in [-0.2, 0) is 14.3 Å². The molecule has 1 atom stereocenters. The van der Waals surface area contributed by atoms with E-state index in [1.165, 1.54) is 0 Å². The first-order valence-corrected chi connectivity index (χ1v) is 6.98. The van der Waals surface area contributed by atoms with Crippen LogP contribution in [0, 0.1) is 5.92 Å². The summed E-state index contributed by atoms with van der Waals surface area (Å²) < 4.78 is 4.98. The molecule has 2 saturated heterocycles. The van der Waals surface area contributed by atoms with Crippen LogP contribution in [0.1, 0.15) is 12.8 Å². The van der Waals surface area contributed by atoms with Gasteiger partial charge in [-0.1, -0.05) is 0 Å². The third-order valence-electron chi connectivity index (χ3n) is 3.78. The molecule has 19 heavy (non-hydrogen) atoms. The van der Waals surface area contributed by atoms with E-state index in [0.717, 1.165) is 32.6 Å². The van der Waals surface area contributed by atoms with Gasteiger partial charge in [-0.3, -0.25) is 9.59 Å². The number of carbonyl (C=O) groups is 2. The van der Waals surface area contributed by atoms with Gasteiger partial charge >= 0.3 is 0 Å². The van der Waals surface area contributed by atoms with Gasteiger partial charge in [-0.05, 0) is 13.0 Å². The molecule has 0 aromatic rings. The second-order valence-corrected chi connectivity index (χ2v) is 5.16. The summed E-state index contributed by atoms with van der Waals surface area (Å²) in [5, 5.41) is 3.28. The lowest BCUT2D eigenvalue weighted by Crippen LogP contribution is -2.39. The maximum absolute atomic E-state index is 12.4. The molecule has 1 unspecified atom stereocenters. The van der Waals surface area contributed by atoms with Crippen LogP contribution in [0.5, 0.6) is 0 Å². The van der Waals surface area contributed by atoms with E-state index < -0.39 is 0 Å². The summed E-state index contributed by atoms with van der Waals surface area (Å²) in [6, 6.07) is 0. The normalized spacial score (nSPS) is 24.7. The molecule has 0 saturated carbocycles. The predicted molar refractivity (Wildman–Crippen MR) is 70.6 cm³/mol. The van der Waals surface area contributed by atoms with Crippen molar-refractivity contribution in [2.75, 3.05) is 53.0 Å². The number of nitrogens with zero attached hydrogens (tertiary/aromatic N) is 2. The fourth-order valence-corrected chi connectivity index (χ4v) is 2.68. The third kappa shape index (κ3) is 3.67. The molecule has 0 aliphatic carbocycles. The van der Waals surface area contributed by atoms with E-state index in [-0.39, 0.29) is 17.7 Å². The summed E-state index contributed by atoms with van der Waals surface area (Å²) in [6.07, 6.45) is 1.34. The number of carbonyl (C=O) groups excluding carboxylic acids is 2. The summed E-state index contributed by atoms with van der Waals surface area (Å²) in [6.45, 7) is 5.02. The first-order chi connectivity index (χ1) is 9.22. The lowest BCUT2D eigenvalue weighted by Gasteiger charge is -2.23. The van der Waals surface area contributed by atoms with Gasteiger partial charge < -0.3 is 19.9 Å². The highest BCUT2D eigenvalue weighted by Gasteiger charge is 2.36. The van der Waals surface area contributed by atoms with Crippen LogP contribution in [0.4, 0.5) is 0 Å². The number of ether oxygens (including phenoxy) is 1. The van der Waals surface area contributed by atoms with Crippen molar-refractivity contribution in [3.8, 4) is 0 Å². The Hall–Kier alpha value is -1.14. The lowest BCUT2D eigenvalue weighted by atomic mass is 10.1. The molecule has 0 aromatic carbocycles. The standard InChI is InChI=1S/C13H23N3O3/c1-19-8-7-16-10-11(9-12(16)17)13(18)15-5-2-3-14-4-6-15/h11,14H,2-10H2,1H3. The number of amides is 2. The molecular weight excluding hydrogens is 246 g/mol. The molecule has 6 nitrogen and oxygen atoms in total. The number of nitrogens with one attached hydrogen (secondary N) is 1. The Balaban J connectivity index is 1.87. The minimum absolute atomic E-state index is 0.0725. The molecule has 0 spiro atoms. The van der Waals surface area contributed by atoms with Gasteiger partial charge in [0.15, 0.2) is 0 Å². The highest BCUT2D eigenvalue weighted by Crippen LogP contribution is 2.20. The number of methoxy groups -OCH3 is 1. The summed E-state index contributed by atoms with van der Waals surface area (Å²) in [7, 11) is 1.62. The second-order valence-electron chi connectivity index (χ2n) is 5.16. The molecule has 0 radical (unpaired) electrons. The van der Waals surface area contributed by atoms with E-state index in [0.29, 0.717) is 26.1 Å². The maximum Gasteiger partial charge on any atom is 0.228 e. The van der Waals surface area contributed by atoms with Crippen LogP contribution in [0.2, 0.25) is 0 Å². The van der Waals surface area contributed by atoms with Gasteiger partial charge in [0.05, 0.1) is 12.5 Å². The molecular formula is C13H23N3O3. The average Bonchev–Trinajstić information content (AvgIpc) is 2.64. The number of hydrogen-bond acceptors (Lipinski definition) is 4. The Bertz CT molecular complexity index is 327. The largest absolute Gasteiger partial charge is 0.383 e. The minimum atomic E-state index is -0.164. The first-order valence-electron chi connectivity index (χ1n) is 6.98. The van der Waals surface area contributed by atoms with Crippen molar-refractivity contribution in [3.05, 3.63) is 0 Å². The summed E-state index contributed by atoms with van der Waals surface area (Å²) >= 11 is 0. The summed E-state index contributed by atoms with van der Waals surface area (Å²) in [5.74, 6) is 0.0442. The molecule has 2 aliphatic rings. The maximum atomic E-state index is 12.4. The zero-order chi connectivity index (χ0) is 13.7. The van der Waals surface area contributed by atoms with Gasteiger partial charge in [-0.25, -0.2) is 0 Å². The van der Waals surface area contributed by atoms with E-state index in [9.17, 15) is 9.59 Å². The van der Waals surface area contributed by atoms with Crippen molar-refractivity contribution < 1.29 is 14.3 Å². The van der Waals surface area contributed by atoms with Gasteiger partial charge in [0.2, 0.25) is 11.8 Å². The SMILES string of the molecule is COCCN1CC(C(=O)N2CCCNCC2)CC1=O. The topological polar surface area (TPSA) is 61.9 Å². The van der Waals surface area contributed by atoms with Crippen LogP contribution in [0.25, 0.3) is 0 Å². The van der Waals surface area contributed by atoms with Crippen molar-refractivity contribution in [1.29, 1.82) is 0 Å².